The predicted octanol–water partition coefficient (Wildman–Crippen LogP) is 1.68. The van der Waals surface area contributed by atoms with Gasteiger partial charge in [-0.2, -0.15) is 13.9 Å². The lowest BCUT2D eigenvalue weighted by molar-refractivity contribution is 0.407. The van der Waals surface area contributed by atoms with E-state index in [1.807, 2.05) is 18.2 Å². The average Bonchev–Trinajstić information content (AvgIpc) is 3.18. The first kappa shape index (κ1) is 20.9. The Morgan fingerprint density at radius 1 is 1.10 bits per heavy atom. The summed E-state index contributed by atoms with van der Waals surface area (Å²) >= 11 is 0. The second-order valence-corrected chi connectivity index (χ2v) is 7.21. The fourth-order valence-corrected chi connectivity index (χ4v) is 3.60. The molecule has 4 rings (SSSR count). The van der Waals surface area contributed by atoms with Crippen LogP contribution in [0.3, 0.4) is 0 Å². The van der Waals surface area contributed by atoms with E-state index >= 15 is 0 Å². The van der Waals surface area contributed by atoms with Gasteiger partial charge in [-0.3, -0.25) is 0 Å². The highest BCUT2D eigenvalue weighted by Gasteiger charge is 2.16. The van der Waals surface area contributed by atoms with Crippen LogP contribution in [0.4, 0.5) is 14.5 Å². The second kappa shape index (κ2) is 9.19. The molecule has 3 aromatic rings. The van der Waals surface area contributed by atoms with Crippen molar-refractivity contribution >= 4 is 5.69 Å². The molecule has 0 unspecified atom stereocenters. The number of rotatable bonds is 6. The summed E-state index contributed by atoms with van der Waals surface area (Å²) in [5, 5.41) is 9.52. The Balaban J connectivity index is 1.63. The third-order valence-electron chi connectivity index (χ3n) is 5.28. The molecule has 1 aliphatic rings. The van der Waals surface area contributed by atoms with Crippen LogP contribution in [0, 0.1) is 0 Å². The Morgan fingerprint density at radius 3 is 2.52 bits per heavy atom. The van der Waals surface area contributed by atoms with Gasteiger partial charge in [0.1, 0.15) is 11.6 Å². The highest BCUT2D eigenvalue weighted by Crippen LogP contribution is 2.25. The quantitative estimate of drug-likeness (QED) is 0.553. The van der Waals surface area contributed by atoms with Crippen molar-refractivity contribution in [1.82, 2.24) is 25.1 Å². The molecule has 2 aromatic heterocycles. The van der Waals surface area contributed by atoms with Crippen molar-refractivity contribution in [2.45, 2.75) is 6.42 Å². The molecule has 1 fully saturated rings. The predicted molar refractivity (Wildman–Crippen MR) is 114 cm³/mol. The number of nitrogens with two attached hydrogens (primary N) is 1. The molecule has 3 heterocycles. The Kier molecular flexibility index (Phi) is 6.19. The molecule has 0 spiro atoms. The number of nitrogens with one attached hydrogen (secondary N) is 2. The molecule has 8 nitrogen and oxygen atoms in total. The van der Waals surface area contributed by atoms with Gasteiger partial charge in [-0.1, -0.05) is 12.1 Å². The lowest BCUT2D eigenvalue weighted by Crippen LogP contribution is -2.43. The third kappa shape index (κ3) is 4.54. The average molecular weight is 427 g/mol. The SMILES string of the molecule is NCC(Cc1n[nH]c(=O)n1-c1cc(-c2ccc(N3CCNCC3)cc2)ccn1)=C(F)F. The molecule has 1 saturated heterocycles. The maximum atomic E-state index is 13.0. The number of aromatic amines is 1. The first-order chi connectivity index (χ1) is 15.1. The number of H-pyrrole nitrogens is 1. The summed E-state index contributed by atoms with van der Waals surface area (Å²) in [4.78, 5) is 18.9. The first-order valence-electron chi connectivity index (χ1n) is 9.98. The van der Waals surface area contributed by atoms with Gasteiger partial charge in [0.15, 0.2) is 0 Å². The zero-order chi connectivity index (χ0) is 21.8. The van der Waals surface area contributed by atoms with Gasteiger partial charge in [-0.05, 0) is 35.4 Å². The molecule has 0 saturated carbocycles. The van der Waals surface area contributed by atoms with Gasteiger partial charge in [-0.15, -0.1) is 0 Å². The molecule has 0 radical (unpaired) electrons. The second-order valence-electron chi connectivity index (χ2n) is 7.21. The van der Waals surface area contributed by atoms with Crippen LogP contribution in [-0.4, -0.2) is 52.5 Å². The normalized spacial score (nSPS) is 14.0. The molecule has 0 amide bonds. The summed E-state index contributed by atoms with van der Waals surface area (Å²) in [6, 6.07) is 11.7. The summed E-state index contributed by atoms with van der Waals surface area (Å²) in [5.41, 5.74) is 7.53. The molecule has 1 aliphatic heterocycles. The maximum absolute atomic E-state index is 13.0. The fourth-order valence-electron chi connectivity index (χ4n) is 3.60. The van der Waals surface area contributed by atoms with Crippen LogP contribution in [-0.2, 0) is 6.42 Å². The van der Waals surface area contributed by atoms with Crippen LogP contribution < -0.4 is 21.6 Å². The Hall–Kier alpha value is -3.37. The van der Waals surface area contributed by atoms with Gasteiger partial charge < -0.3 is 16.0 Å². The van der Waals surface area contributed by atoms with Crippen LogP contribution in [0.5, 0.6) is 0 Å². The minimum atomic E-state index is -1.87. The van der Waals surface area contributed by atoms with E-state index in [4.69, 9.17) is 5.73 Å². The number of aromatic nitrogens is 4. The lowest BCUT2D eigenvalue weighted by atomic mass is 10.1. The van der Waals surface area contributed by atoms with E-state index in [0.717, 1.165) is 43.0 Å². The molecule has 0 aliphatic carbocycles. The molecule has 0 bridgehead atoms. The van der Waals surface area contributed by atoms with Crippen molar-refractivity contribution in [1.29, 1.82) is 0 Å². The summed E-state index contributed by atoms with van der Waals surface area (Å²) in [5.74, 6) is 0.421. The molecule has 4 N–H and O–H groups in total. The molecular formula is C21H23F2N7O. The van der Waals surface area contributed by atoms with Gasteiger partial charge in [-0.25, -0.2) is 19.4 Å². The zero-order valence-corrected chi connectivity index (χ0v) is 16.8. The van der Waals surface area contributed by atoms with Crippen molar-refractivity contribution in [2.75, 3.05) is 37.6 Å². The Bertz CT molecular complexity index is 1130. The zero-order valence-electron chi connectivity index (χ0n) is 16.8. The number of hydrogen-bond acceptors (Lipinski definition) is 6. The monoisotopic (exact) mass is 427 g/mol. The van der Waals surface area contributed by atoms with E-state index in [9.17, 15) is 13.6 Å². The largest absolute Gasteiger partial charge is 0.369 e. The molecular weight excluding hydrogens is 404 g/mol. The van der Waals surface area contributed by atoms with Crippen molar-refractivity contribution in [3.8, 4) is 16.9 Å². The van der Waals surface area contributed by atoms with Gasteiger partial charge in [0, 0.05) is 56.6 Å². The number of nitrogens with zero attached hydrogens (tertiary/aromatic N) is 4. The number of benzene rings is 1. The molecule has 10 heteroatoms. The lowest BCUT2D eigenvalue weighted by Gasteiger charge is -2.29. The number of halogens is 2. The van der Waals surface area contributed by atoms with Gasteiger partial charge in [0.05, 0.1) is 0 Å². The Labute approximate surface area is 177 Å². The van der Waals surface area contributed by atoms with Crippen molar-refractivity contribution in [3.05, 3.63) is 70.6 Å². The van der Waals surface area contributed by atoms with E-state index in [1.165, 1.54) is 4.57 Å². The van der Waals surface area contributed by atoms with E-state index in [1.54, 1.807) is 12.3 Å². The third-order valence-corrected chi connectivity index (χ3v) is 5.28. The van der Waals surface area contributed by atoms with Crippen molar-refractivity contribution in [2.24, 2.45) is 5.73 Å². The number of pyridine rings is 1. The molecule has 1 aromatic carbocycles. The number of hydrogen-bond donors (Lipinski definition) is 3. The van der Waals surface area contributed by atoms with Crippen LogP contribution in [0.15, 0.2) is 59.0 Å². The van der Waals surface area contributed by atoms with Crippen LogP contribution >= 0.6 is 0 Å². The topological polar surface area (TPSA) is 105 Å². The van der Waals surface area contributed by atoms with Gasteiger partial charge in [0.25, 0.3) is 6.08 Å². The highest BCUT2D eigenvalue weighted by atomic mass is 19.3. The van der Waals surface area contributed by atoms with Gasteiger partial charge >= 0.3 is 5.69 Å². The summed E-state index contributed by atoms with van der Waals surface area (Å²) < 4.78 is 27.3. The van der Waals surface area contributed by atoms with E-state index in [0.29, 0.717) is 5.82 Å². The number of piperazine rings is 1. The van der Waals surface area contributed by atoms with Crippen LogP contribution in [0.2, 0.25) is 0 Å². The Morgan fingerprint density at radius 2 is 1.84 bits per heavy atom. The minimum Gasteiger partial charge on any atom is -0.369 e. The molecule has 31 heavy (non-hydrogen) atoms. The van der Waals surface area contributed by atoms with E-state index in [-0.39, 0.29) is 24.4 Å². The summed E-state index contributed by atoms with van der Waals surface area (Å²) in [6.45, 7) is 3.53. The number of anilines is 1. The molecule has 162 valence electrons. The minimum absolute atomic E-state index is 0.122. The van der Waals surface area contributed by atoms with E-state index in [2.05, 4.69) is 37.5 Å². The summed E-state index contributed by atoms with van der Waals surface area (Å²) in [6.07, 6.45) is -0.535. The highest BCUT2D eigenvalue weighted by molar-refractivity contribution is 5.67. The smallest absolute Gasteiger partial charge is 0.349 e. The summed E-state index contributed by atoms with van der Waals surface area (Å²) in [7, 11) is 0. The molecule has 0 atom stereocenters. The van der Waals surface area contributed by atoms with Crippen molar-refractivity contribution < 1.29 is 8.78 Å². The van der Waals surface area contributed by atoms with E-state index < -0.39 is 11.8 Å². The first-order valence-corrected chi connectivity index (χ1v) is 9.98. The van der Waals surface area contributed by atoms with Gasteiger partial charge in [0.2, 0.25) is 0 Å². The maximum Gasteiger partial charge on any atom is 0.349 e. The van der Waals surface area contributed by atoms with Crippen LogP contribution in [0.1, 0.15) is 5.82 Å². The standard InChI is InChI=1S/C21H23F2N7O/c22-20(23)16(13-24)12-19-27-28-21(31)30(19)18-11-15(5-6-26-18)14-1-3-17(4-2-14)29-9-7-25-8-10-29/h1-6,11,25H,7-10,12-13,24H2,(H,28,31). The van der Waals surface area contributed by atoms with Crippen molar-refractivity contribution in [3.63, 3.8) is 0 Å². The fraction of sp³-hybridized carbons (Fsp3) is 0.286. The van der Waals surface area contributed by atoms with Crippen LogP contribution in [0.25, 0.3) is 16.9 Å².